The van der Waals surface area contributed by atoms with E-state index >= 15 is 0 Å². The van der Waals surface area contributed by atoms with Gasteiger partial charge in [0, 0.05) is 5.69 Å². The van der Waals surface area contributed by atoms with Crippen LogP contribution in [0.3, 0.4) is 0 Å². The second-order valence-corrected chi connectivity index (χ2v) is 5.71. The molecular formula is C16H22N2O. The van der Waals surface area contributed by atoms with Crippen LogP contribution in [0.2, 0.25) is 0 Å². The second kappa shape index (κ2) is 5.33. The first-order valence-corrected chi connectivity index (χ1v) is 7.42. The molecule has 1 saturated heterocycles. The fourth-order valence-corrected chi connectivity index (χ4v) is 3.44. The Balaban J connectivity index is 1.74. The number of nitrogens with zero attached hydrogens (tertiary/aromatic N) is 1. The Hall–Kier alpha value is -1.35. The minimum absolute atomic E-state index is 0.144. The molecule has 0 unspecified atom stereocenters. The SMILES string of the molecule is CCCN1CCC(c2cccc3c2CC(=O)N3)CC1. The summed E-state index contributed by atoms with van der Waals surface area (Å²) in [6, 6.07) is 6.33. The number of carbonyl (C=O) groups excluding carboxylic acids is 1. The Morgan fingerprint density at radius 1 is 1.32 bits per heavy atom. The molecule has 0 aromatic heterocycles. The van der Waals surface area contributed by atoms with E-state index in [1.165, 1.54) is 50.0 Å². The maximum atomic E-state index is 11.6. The zero-order valence-electron chi connectivity index (χ0n) is 11.6. The number of nitrogens with one attached hydrogen (secondary N) is 1. The van der Waals surface area contributed by atoms with Crippen LogP contribution in [0.25, 0.3) is 0 Å². The lowest BCUT2D eigenvalue weighted by atomic mass is 9.85. The second-order valence-electron chi connectivity index (χ2n) is 5.71. The van der Waals surface area contributed by atoms with Crippen molar-refractivity contribution in [2.75, 3.05) is 25.0 Å². The van der Waals surface area contributed by atoms with Crippen LogP contribution in [0.15, 0.2) is 18.2 Å². The first-order chi connectivity index (χ1) is 9.28. The average molecular weight is 258 g/mol. The van der Waals surface area contributed by atoms with Gasteiger partial charge in [-0.3, -0.25) is 4.79 Å². The third-order valence-corrected chi connectivity index (χ3v) is 4.39. The van der Waals surface area contributed by atoms with Crippen molar-refractivity contribution in [1.82, 2.24) is 4.90 Å². The van der Waals surface area contributed by atoms with Crippen LogP contribution in [0.5, 0.6) is 0 Å². The van der Waals surface area contributed by atoms with Crippen LogP contribution in [0, 0.1) is 0 Å². The summed E-state index contributed by atoms with van der Waals surface area (Å²) in [5, 5.41) is 2.96. The summed E-state index contributed by atoms with van der Waals surface area (Å²) in [7, 11) is 0. The molecule has 0 bridgehead atoms. The highest BCUT2D eigenvalue weighted by Crippen LogP contribution is 2.35. The molecule has 0 aliphatic carbocycles. The number of carbonyl (C=O) groups is 1. The Morgan fingerprint density at radius 2 is 2.11 bits per heavy atom. The largest absolute Gasteiger partial charge is 0.326 e. The number of amides is 1. The Kier molecular flexibility index (Phi) is 3.56. The van der Waals surface area contributed by atoms with E-state index in [4.69, 9.17) is 0 Å². The molecule has 1 aromatic rings. The van der Waals surface area contributed by atoms with Gasteiger partial charge in [0.2, 0.25) is 5.91 Å². The van der Waals surface area contributed by atoms with E-state index in [9.17, 15) is 4.79 Å². The molecule has 3 rings (SSSR count). The third-order valence-electron chi connectivity index (χ3n) is 4.39. The predicted octanol–water partition coefficient (Wildman–Crippen LogP) is 2.77. The van der Waals surface area contributed by atoms with Crippen LogP contribution >= 0.6 is 0 Å². The molecule has 102 valence electrons. The van der Waals surface area contributed by atoms with E-state index in [2.05, 4.69) is 29.3 Å². The molecule has 2 aliphatic rings. The van der Waals surface area contributed by atoms with Crippen molar-refractivity contribution in [3.8, 4) is 0 Å². The summed E-state index contributed by atoms with van der Waals surface area (Å²) in [6.07, 6.45) is 4.26. The van der Waals surface area contributed by atoms with Gasteiger partial charge < -0.3 is 10.2 Å². The number of hydrogen-bond donors (Lipinski definition) is 1. The van der Waals surface area contributed by atoms with Gasteiger partial charge in [0.05, 0.1) is 6.42 Å². The van der Waals surface area contributed by atoms with E-state index in [0.717, 1.165) is 5.69 Å². The fourth-order valence-electron chi connectivity index (χ4n) is 3.44. The quantitative estimate of drug-likeness (QED) is 0.904. The molecule has 1 aromatic carbocycles. The van der Waals surface area contributed by atoms with E-state index in [0.29, 0.717) is 12.3 Å². The molecule has 0 radical (unpaired) electrons. The first-order valence-electron chi connectivity index (χ1n) is 7.42. The van der Waals surface area contributed by atoms with Crippen molar-refractivity contribution in [1.29, 1.82) is 0 Å². The van der Waals surface area contributed by atoms with Crippen LogP contribution < -0.4 is 5.32 Å². The Bertz CT molecular complexity index is 476. The summed E-state index contributed by atoms with van der Waals surface area (Å²) in [6.45, 7) is 5.86. The summed E-state index contributed by atoms with van der Waals surface area (Å²) in [5.74, 6) is 0.779. The van der Waals surface area contributed by atoms with E-state index in [-0.39, 0.29) is 5.91 Å². The number of hydrogen-bond acceptors (Lipinski definition) is 2. The molecule has 3 nitrogen and oxygen atoms in total. The number of anilines is 1. The van der Waals surface area contributed by atoms with Crippen molar-refractivity contribution in [3.05, 3.63) is 29.3 Å². The highest BCUT2D eigenvalue weighted by molar-refractivity contribution is 5.99. The van der Waals surface area contributed by atoms with Gasteiger partial charge in [-0.1, -0.05) is 19.1 Å². The van der Waals surface area contributed by atoms with Crippen molar-refractivity contribution in [2.24, 2.45) is 0 Å². The molecule has 1 N–H and O–H groups in total. The third kappa shape index (κ3) is 2.52. The fraction of sp³-hybridized carbons (Fsp3) is 0.562. The van der Waals surface area contributed by atoms with E-state index in [1.54, 1.807) is 0 Å². The van der Waals surface area contributed by atoms with Gasteiger partial charge in [0.25, 0.3) is 0 Å². The van der Waals surface area contributed by atoms with Gasteiger partial charge in [0.15, 0.2) is 0 Å². The molecule has 0 atom stereocenters. The lowest BCUT2D eigenvalue weighted by Crippen LogP contribution is -2.33. The molecule has 19 heavy (non-hydrogen) atoms. The zero-order chi connectivity index (χ0) is 13.2. The number of fused-ring (bicyclic) bond motifs is 1. The first kappa shape index (κ1) is 12.7. The molecule has 2 aliphatic heterocycles. The molecule has 0 spiro atoms. The van der Waals surface area contributed by atoms with Gasteiger partial charge in [-0.05, 0) is 62.0 Å². The Labute approximate surface area is 115 Å². The number of benzene rings is 1. The smallest absolute Gasteiger partial charge is 0.228 e. The van der Waals surface area contributed by atoms with Crippen LogP contribution in [0.1, 0.15) is 43.2 Å². The standard InChI is InChI=1S/C16H22N2O/c1-2-8-18-9-6-12(7-10-18)13-4-3-5-15-14(13)11-16(19)17-15/h3-5,12H,2,6-11H2,1H3,(H,17,19). The topological polar surface area (TPSA) is 32.3 Å². The monoisotopic (exact) mass is 258 g/mol. The van der Waals surface area contributed by atoms with Crippen molar-refractivity contribution in [2.45, 2.75) is 38.5 Å². The molecular weight excluding hydrogens is 236 g/mol. The van der Waals surface area contributed by atoms with Gasteiger partial charge in [0.1, 0.15) is 0 Å². The minimum atomic E-state index is 0.144. The summed E-state index contributed by atoms with van der Waals surface area (Å²) in [4.78, 5) is 14.1. The van der Waals surface area contributed by atoms with Gasteiger partial charge >= 0.3 is 0 Å². The maximum Gasteiger partial charge on any atom is 0.228 e. The lowest BCUT2D eigenvalue weighted by molar-refractivity contribution is -0.115. The van der Waals surface area contributed by atoms with Gasteiger partial charge in [-0.25, -0.2) is 0 Å². The Morgan fingerprint density at radius 3 is 2.84 bits per heavy atom. The average Bonchev–Trinajstić information content (AvgIpc) is 2.80. The predicted molar refractivity (Wildman–Crippen MR) is 77.5 cm³/mol. The summed E-state index contributed by atoms with van der Waals surface area (Å²) in [5.41, 5.74) is 3.70. The maximum absolute atomic E-state index is 11.6. The van der Waals surface area contributed by atoms with E-state index < -0.39 is 0 Å². The molecule has 1 fully saturated rings. The van der Waals surface area contributed by atoms with E-state index in [1.807, 2.05) is 6.07 Å². The van der Waals surface area contributed by atoms with Gasteiger partial charge in [-0.15, -0.1) is 0 Å². The lowest BCUT2D eigenvalue weighted by Gasteiger charge is -2.32. The zero-order valence-corrected chi connectivity index (χ0v) is 11.6. The summed E-state index contributed by atoms with van der Waals surface area (Å²) >= 11 is 0. The minimum Gasteiger partial charge on any atom is -0.326 e. The number of rotatable bonds is 3. The van der Waals surface area contributed by atoms with Crippen LogP contribution in [-0.2, 0) is 11.2 Å². The van der Waals surface area contributed by atoms with Crippen LogP contribution in [-0.4, -0.2) is 30.4 Å². The molecule has 2 heterocycles. The summed E-state index contributed by atoms with van der Waals surface area (Å²) < 4.78 is 0. The molecule has 0 saturated carbocycles. The van der Waals surface area contributed by atoms with Crippen LogP contribution in [0.4, 0.5) is 5.69 Å². The number of piperidine rings is 1. The highest BCUT2D eigenvalue weighted by atomic mass is 16.1. The van der Waals surface area contributed by atoms with Gasteiger partial charge in [-0.2, -0.15) is 0 Å². The van der Waals surface area contributed by atoms with Crippen molar-refractivity contribution >= 4 is 11.6 Å². The normalized spacial score (nSPS) is 20.4. The highest BCUT2D eigenvalue weighted by Gasteiger charge is 2.26. The van der Waals surface area contributed by atoms with Crippen molar-refractivity contribution in [3.63, 3.8) is 0 Å². The molecule has 1 amide bonds. The molecule has 3 heteroatoms. The van der Waals surface area contributed by atoms with Crippen molar-refractivity contribution < 1.29 is 4.79 Å². The number of likely N-dealkylation sites (tertiary alicyclic amines) is 1.